The third-order valence-corrected chi connectivity index (χ3v) is 3.76. The lowest BCUT2D eigenvalue weighted by molar-refractivity contribution is -0.137. The summed E-state index contributed by atoms with van der Waals surface area (Å²) in [5.41, 5.74) is -0.822. The van der Waals surface area contributed by atoms with Gasteiger partial charge in [-0.1, -0.05) is 17.7 Å². The molecule has 1 saturated carbocycles. The summed E-state index contributed by atoms with van der Waals surface area (Å²) in [6.07, 6.45) is -3.68. The zero-order valence-electron chi connectivity index (χ0n) is 9.18. The van der Waals surface area contributed by atoms with E-state index in [1.807, 2.05) is 0 Å². The lowest BCUT2D eigenvalue weighted by Gasteiger charge is -2.21. The summed E-state index contributed by atoms with van der Waals surface area (Å²) < 4.78 is 38.1. The molecule has 1 aromatic rings. The van der Waals surface area contributed by atoms with Crippen LogP contribution >= 0.6 is 11.6 Å². The molecular formula is C12H12ClF3O. The van der Waals surface area contributed by atoms with E-state index in [-0.39, 0.29) is 5.02 Å². The molecule has 17 heavy (non-hydrogen) atoms. The molecule has 1 N–H and O–H groups in total. The smallest absolute Gasteiger partial charge is 0.392 e. The maximum atomic E-state index is 12.7. The van der Waals surface area contributed by atoms with E-state index in [2.05, 4.69) is 0 Å². The third kappa shape index (κ3) is 2.16. The predicted molar refractivity (Wildman–Crippen MR) is 59.0 cm³/mol. The topological polar surface area (TPSA) is 20.2 Å². The number of halogens is 4. The maximum absolute atomic E-state index is 12.7. The standard InChI is InChI=1S/C12H12ClF3O/c1-7(17)11(4-5-11)8-2-3-10(13)9(6-8)12(14,15)16/h2-3,6-7,17H,4-5H2,1H3. The van der Waals surface area contributed by atoms with Gasteiger partial charge in [0.2, 0.25) is 0 Å². The zero-order valence-corrected chi connectivity index (χ0v) is 9.94. The van der Waals surface area contributed by atoms with E-state index in [1.165, 1.54) is 6.07 Å². The van der Waals surface area contributed by atoms with Crippen molar-refractivity contribution in [2.45, 2.75) is 37.5 Å². The fourth-order valence-electron chi connectivity index (χ4n) is 2.13. The minimum atomic E-state index is -4.46. The summed E-state index contributed by atoms with van der Waals surface area (Å²) in [6, 6.07) is 3.88. The Kier molecular flexibility index (Phi) is 2.91. The number of aliphatic hydroxyl groups is 1. The highest BCUT2D eigenvalue weighted by atomic mass is 35.5. The third-order valence-electron chi connectivity index (χ3n) is 3.44. The van der Waals surface area contributed by atoms with Crippen LogP contribution in [-0.4, -0.2) is 11.2 Å². The summed E-state index contributed by atoms with van der Waals surface area (Å²) in [6.45, 7) is 1.61. The minimum absolute atomic E-state index is 0.303. The molecule has 0 bridgehead atoms. The summed E-state index contributed by atoms with van der Waals surface area (Å²) >= 11 is 5.55. The molecule has 1 fully saturated rings. The molecule has 5 heteroatoms. The molecular weight excluding hydrogens is 253 g/mol. The molecule has 0 spiro atoms. The highest BCUT2D eigenvalue weighted by molar-refractivity contribution is 6.31. The monoisotopic (exact) mass is 264 g/mol. The molecule has 0 aliphatic heterocycles. The second-order valence-electron chi connectivity index (χ2n) is 4.52. The van der Waals surface area contributed by atoms with Crippen molar-refractivity contribution in [3.8, 4) is 0 Å². The van der Waals surface area contributed by atoms with Crippen LogP contribution in [0.5, 0.6) is 0 Å². The van der Waals surface area contributed by atoms with Crippen LogP contribution in [0, 0.1) is 0 Å². The van der Waals surface area contributed by atoms with Gasteiger partial charge in [-0.3, -0.25) is 0 Å². The van der Waals surface area contributed by atoms with E-state index in [9.17, 15) is 18.3 Å². The normalized spacial score (nSPS) is 20.1. The van der Waals surface area contributed by atoms with Gasteiger partial charge >= 0.3 is 6.18 Å². The van der Waals surface area contributed by atoms with E-state index >= 15 is 0 Å². The molecule has 0 amide bonds. The second-order valence-corrected chi connectivity index (χ2v) is 4.93. The van der Waals surface area contributed by atoms with Crippen molar-refractivity contribution in [3.63, 3.8) is 0 Å². The number of aliphatic hydroxyl groups excluding tert-OH is 1. The van der Waals surface area contributed by atoms with Gasteiger partial charge in [0.1, 0.15) is 0 Å². The number of hydrogen-bond donors (Lipinski definition) is 1. The largest absolute Gasteiger partial charge is 0.417 e. The van der Waals surface area contributed by atoms with Gasteiger partial charge in [0, 0.05) is 5.41 Å². The number of hydrogen-bond acceptors (Lipinski definition) is 1. The van der Waals surface area contributed by atoms with Gasteiger partial charge in [-0.15, -0.1) is 0 Å². The Morgan fingerprint density at radius 2 is 1.94 bits per heavy atom. The van der Waals surface area contributed by atoms with Gasteiger partial charge in [0.15, 0.2) is 0 Å². The average Bonchev–Trinajstić information content (AvgIpc) is 2.97. The van der Waals surface area contributed by atoms with E-state index in [0.29, 0.717) is 18.4 Å². The summed E-state index contributed by atoms with van der Waals surface area (Å²) in [7, 11) is 0. The van der Waals surface area contributed by atoms with Crippen LogP contribution in [-0.2, 0) is 11.6 Å². The van der Waals surface area contributed by atoms with E-state index in [1.54, 1.807) is 13.0 Å². The summed E-state index contributed by atoms with van der Waals surface area (Å²) in [5, 5.41) is 9.34. The van der Waals surface area contributed by atoms with Crippen LogP contribution in [0.1, 0.15) is 30.9 Å². The quantitative estimate of drug-likeness (QED) is 0.862. The van der Waals surface area contributed by atoms with E-state index < -0.39 is 23.3 Å². The average molecular weight is 265 g/mol. The molecule has 0 aromatic heterocycles. The van der Waals surface area contributed by atoms with Crippen LogP contribution in [0.3, 0.4) is 0 Å². The van der Waals surface area contributed by atoms with Gasteiger partial charge < -0.3 is 5.11 Å². The number of benzene rings is 1. The molecule has 0 radical (unpaired) electrons. The van der Waals surface area contributed by atoms with Crippen molar-refractivity contribution in [2.24, 2.45) is 0 Å². The Morgan fingerprint density at radius 1 is 1.35 bits per heavy atom. The predicted octanol–water partition coefficient (Wildman–Crippen LogP) is 3.77. The highest BCUT2D eigenvalue weighted by Crippen LogP contribution is 2.52. The lowest BCUT2D eigenvalue weighted by atomic mass is 9.89. The zero-order chi connectivity index (χ0) is 12.8. The van der Waals surface area contributed by atoms with Gasteiger partial charge in [-0.25, -0.2) is 0 Å². The van der Waals surface area contributed by atoms with Crippen molar-refractivity contribution < 1.29 is 18.3 Å². The first-order valence-electron chi connectivity index (χ1n) is 5.33. The first-order chi connectivity index (χ1) is 7.77. The second kappa shape index (κ2) is 3.89. The fourth-order valence-corrected chi connectivity index (χ4v) is 2.36. The van der Waals surface area contributed by atoms with Gasteiger partial charge in [0.25, 0.3) is 0 Å². The van der Waals surface area contributed by atoms with E-state index in [0.717, 1.165) is 6.07 Å². The van der Waals surface area contributed by atoms with Crippen molar-refractivity contribution >= 4 is 11.6 Å². The first-order valence-corrected chi connectivity index (χ1v) is 5.70. The van der Waals surface area contributed by atoms with E-state index in [4.69, 9.17) is 11.6 Å². The highest BCUT2D eigenvalue weighted by Gasteiger charge is 2.49. The number of alkyl halides is 3. The molecule has 1 atom stereocenters. The molecule has 94 valence electrons. The van der Waals surface area contributed by atoms with Crippen LogP contribution in [0.25, 0.3) is 0 Å². The molecule has 0 heterocycles. The van der Waals surface area contributed by atoms with Gasteiger partial charge in [-0.05, 0) is 37.5 Å². The fraction of sp³-hybridized carbons (Fsp3) is 0.500. The molecule has 1 unspecified atom stereocenters. The van der Waals surface area contributed by atoms with Gasteiger partial charge in [-0.2, -0.15) is 13.2 Å². The summed E-state index contributed by atoms with van der Waals surface area (Å²) in [4.78, 5) is 0. The van der Waals surface area contributed by atoms with Crippen molar-refractivity contribution in [1.82, 2.24) is 0 Å². The SMILES string of the molecule is CC(O)C1(c2ccc(Cl)c(C(F)(F)F)c2)CC1. The molecule has 1 nitrogen and oxygen atoms in total. The molecule has 1 aliphatic carbocycles. The Morgan fingerprint density at radius 3 is 2.35 bits per heavy atom. The number of rotatable bonds is 2. The van der Waals surface area contributed by atoms with Gasteiger partial charge in [0.05, 0.1) is 16.7 Å². The van der Waals surface area contributed by atoms with Crippen molar-refractivity contribution in [3.05, 3.63) is 34.3 Å². The lowest BCUT2D eigenvalue weighted by Crippen LogP contribution is -2.23. The first kappa shape index (κ1) is 12.7. The van der Waals surface area contributed by atoms with Crippen LogP contribution < -0.4 is 0 Å². The van der Waals surface area contributed by atoms with Crippen LogP contribution in [0.15, 0.2) is 18.2 Å². The Labute approximate surface area is 102 Å². The molecule has 1 aromatic carbocycles. The summed E-state index contributed by atoms with van der Waals surface area (Å²) in [5.74, 6) is 0. The minimum Gasteiger partial charge on any atom is -0.392 e. The molecule has 1 aliphatic rings. The molecule has 0 saturated heterocycles. The van der Waals surface area contributed by atoms with Crippen molar-refractivity contribution in [2.75, 3.05) is 0 Å². The Hall–Kier alpha value is -0.740. The molecule has 2 rings (SSSR count). The van der Waals surface area contributed by atoms with Crippen molar-refractivity contribution in [1.29, 1.82) is 0 Å². The Bertz CT molecular complexity index is 436. The Balaban J connectivity index is 2.46. The maximum Gasteiger partial charge on any atom is 0.417 e. The van der Waals surface area contributed by atoms with Crippen LogP contribution in [0.2, 0.25) is 5.02 Å². The van der Waals surface area contributed by atoms with Crippen LogP contribution in [0.4, 0.5) is 13.2 Å².